The molecule has 0 aromatic rings. The quantitative estimate of drug-likeness (QED) is 0.851. The first-order valence-electron chi connectivity index (χ1n) is 9.79. The maximum atomic E-state index is 12.9. The molecule has 6 aliphatic rings. The molecule has 5 aliphatic carbocycles. The van der Waals surface area contributed by atoms with Gasteiger partial charge in [0.2, 0.25) is 5.91 Å². The van der Waals surface area contributed by atoms with Crippen LogP contribution in [0.1, 0.15) is 57.8 Å². The Morgan fingerprint density at radius 2 is 1.43 bits per heavy atom. The lowest BCUT2D eigenvalue weighted by atomic mass is 9.51. The molecule has 23 heavy (non-hydrogen) atoms. The molecular weight excluding hydrogens is 290 g/mol. The standard InChI is InChI=1S/C19H29NO3/c21-18(17-14-8-12-7-13(10-14)11-15(17)9-12)20-16-1-3-19(4-2-16)22-5-6-23-19/h12-17H,1-11H2,(H,20,21). The fourth-order valence-electron chi connectivity index (χ4n) is 6.64. The van der Waals surface area contributed by atoms with Crippen molar-refractivity contribution in [3.63, 3.8) is 0 Å². The van der Waals surface area contributed by atoms with E-state index in [0.29, 0.717) is 29.7 Å². The van der Waals surface area contributed by atoms with Gasteiger partial charge in [0.05, 0.1) is 13.2 Å². The molecule has 4 nitrogen and oxygen atoms in total. The molecule has 6 fully saturated rings. The summed E-state index contributed by atoms with van der Waals surface area (Å²) in [6.07, 6.45) is 10.6. The summed E-state index contributed by atoms with van der Waals surface area (Å²) in [4.78, 5) is 12.9. The van der Waals surface area contributed by atoms with Crippen LogP contribution in [0.4, 0.5) is 0 Å². The van der Waals surface area contributed by atoms with Gasteiger partial charge in [0.1, 0.15) is 0 Å². The third-order valence-electron chi connectivity index (χ3n) is 7.44. The van der Waals surface area contributed by atoms with E-state index in [1.807, 2.05) is 0 Å². The number of carbonyl (C=O) groups is 1. The largest absolute Gasteiger partial charge is 0.353 e. The SMILES string of the molecule is O=C(NC1CCC2(CC1)OCCO2)C1C2CC3CC(C2)CC1C3. The summed E-state index contributed by atoms with van der Waals surface area (Å²) in [5.41, 5.74) is 0. The summed E-state index contributed by atoms with van der Waals surface area (Å²) in [5, 5.41) is 3.40. The molecule has 1 aliphatic heterocycles. The number of carbonyl (C=O) groups excluding carboxylic acids is 1. The first-order chi connectivity index (χ1) is 11.2. The highest BCUT2D eigenvalue weighted by molar-refractivity contribution is 5.80. The molecule has 128 valence electrons. The Labute approximate surface area is 138 Å². The Balaban J connectivity index is 1.19. The maximum absolute atomic E-state index is 12.9. The Hall–Kier alpha value is -0.610. The topological polar surface area (TPSA) is 47.6 Å². The molecule has 5 saturated carbocycles. The fraction of sp³-hybridized carbons (Fsp3) is 0.947. The minimum atomic E-state index is -0.316. The van der Waals surface area contributed by atoms with Gasteiger partial charge in [0, 0.05) is 24.8 Å². The van der Waals surface area contributed by atoms with Gasteiger partial charge in [-0.1, -0.05) is 0 Å². The summed E-state index contributed by atoms with van der Waals surface area (Å²) in [7, 11) is 0. The molecule has 6 rings (SSSR count). The van der Waals surface area contributed by atoms with Crippen LogP contribution in [-0.2, 0) is 14.3 Å². The predicted molar refractivity (Wildman–Crippen MR) is 85.6 cm³/mol. The van der Waals surface area contributed by atoms with Gasteiger partial charge < -0.3 is 14.8 Å². The van der Waals surface area contributed by atoms with Crippen LogP contribution in [-0.4, -0.2) is 30.9 Å². The first kappa shape index (κ1) is 14.7. The van der Waals surface area contributed by atoms with E-state index in [0.717, 1.165) is 50.7 Å². The van der Waals surface area contributed by atoms with Gasteiger partial charge in [0.15, 0.2) is 5.79 Å². The normalized spacial score (nSPS) is 44.8. The van der Waals surface area contributed by atoms with Crippen LogP contribution in [0.2, 0.25) is 0 Å². The van der Waals surface area contributed by atoms with Gasteiger partial charge >= 0.3 is 0 Å². The molecule has 1 saturated heterocycles. The van der Waals surface area contributed by atoms with Crippen molar-refractivity contribution in [2.75, 3.05) is 13.2 Å². The van der Waals surface area contributed by atoms with Crippen LogP contribution in [0, 0.1) is 29.6 Å². The van der Waals surface area contributed by atoms with Crippen LogP contribution < -0.4 is 5.32 Å². The Kier molecular flexibility index (Phi) is 3.49. The second kappa shape index (κ2) is 5.45. The lowest BCUT2D eigenvalue weighted by molar-refractivity contribution is -0.180. The lowest BCUT2D eigenvalue weighted by Gasteiger charge is -2.53. The van der Waals surface area contributed by atoms with Gasteiger partial charge in [-0.3, -0.25) is 4.79 Å². The van der Waals surface area contributed by atoms with E-state index in [2.05, 4.69) is 5.32 Å². The van der Waals surface area contributed by atoms with Crippen molar-refractivity contribution in [1.29, 1.82) is 0 Å². The van der Waals surface area contributed by atoms with Gasteiger partial charge in [-0.15, -0.1) is 0 Å². The molecule has 0 atom stereocenters. The van der Waals surface area contributed by atoms with Gasteiger partial charge in [-0.2, -0.15) is 0 Å². The van der Waals surface area contributed by atoms with E-state index in [1.165, 1.54) is 32.1 Å². The van der Waals surface area contributed by atoms with E-state index < -0.39 is 0 Å². The monoisotopic (exact) mass is 319 g/mol. The highest BCUT2D eigenvalue weighted by Gasteiger charge is 2.51. The Bertz CT molecular complexity index is 447. The van der Waals surface area contributed by atoms with Crippen LogP contribution in [0.3, 0.4) is 0 Å². The van der Waals surface area contributed by atoms with E-state index in [1.54, 1.807) is 0 Å². The van der Waals surface area contributed by atoms with Gasteiger partial charge in [-0.05, 0) is 68.6 Å². The van der Waals surface area contributed by atoms with Crippen molar-refractivity contribution in [1.82, 2.24) is 5.32 Å². The maximum Gasteiger partial charge on any atom is 0.223 e. The van der Waals surface area contributed by atoms with E-state index >= 15 is 0 Å². The van der Waals surface area contributed by atoms with Crippen molar-refractivity contribution >= 4 is 5.91 Å². The van der Waals surface area contributed by atoms with E-state index in [9.17, 15) is 4.79 Å². The Morgan fingerprint density at radius 1 is 0.870 bits per heavy atom. The van der Waals surface area contributed by atoms with Crippen molar-refractivity contribution in [3.8, 4) is 0 Å². The third-order valence-corrected chi connectivity index (χ3v) is 7.44. The number of amides is 1. The second-order valence-corrected chi connectivity index (χ2v) is 8.85. The second-order valence-electron chi connectivity index (χ2n) is 8.85. The smallest absolute Gasteiger partial charge is 0.223 e. The number of ether oxygens (including phenoxy) is 2. The zero-order chi connectivity index (χ0) is 15.4. The first-order valence-corrected chi connectivity index (χ1v) is 9.79. The highest BCUT2D eigenvalue weighted by Crippen LogP contribution is 2.56. The van der Waals surface area contributed by atoms with E-state index in [-0.39, 0.29) is 5.79 Å². The van der Waals surface area contributed by atoms with Crippen molar-refractivity contribution in [2.24, 2.45) is 29.6 Å². The third kappa shape index (κ3) is 2.53. The van der Waals surface area contributed by atoms with Crippen LogP contribution in [0.25, 0.3) is 0 Å². The number of nitrogens with one attached hydrogen (secondary N) is 1. The summed E-state index contributed by atoms with van der Waals surface area (Å²) >= 11 is 0. The van der Waals surface area contributed by atoms with Gasteiger partial charge in [0.25, 0.3) is 0 Å². The number of hydrogen-bond acceptors (Lipinski definition) is 3. The number of rotatable bonds is 2. The average Bonchev–Trinajstić information content (AvgIpc) is 2.97. The molecule has 1 amide bonds. The molecule has 0 aromatic heterocycles. The molecule has 0 unspecified atom stereocenters. The van der Waals surface area contributed by atoms with Crippen molar-refractivity contribution in [3.05, 3.63) is 0 Å². The predicted octanol–water partition coefficient (Wildman–Crippen LogP) is 2.86. The summed E-state index contributed by atoms with van der Waals surface area (Å²) < 4.78 is 11.6. The zero-order valence-corrected chi connectivity index (χ0v) is 14.0. The highest BCUT2D eigenvalue weighted by atomic mass is 16.7. The minimum Gasteiger partial charge on any atom is -0.353 e. The molecule has 1 N–H and O–H groups in total. The molecule has 0 aromatic carbocycles. The molecule has 4 bridgehead atoms. The minimum absolute atomic E-state index is 0.316. The van der Waals surface area contributed by atoms with Crippen LogP contribution in [0.15, 0.2) is 0 Å². The summed E-state index contributed by atoms with van der Waals surface area (Å²) in [5.74, 6) is 3.61. The molecule has 1 heterocycles. The average molecular weight is 319 g/mol. The van der Waals surface area contributed by atoms with Crippen molar-refractivity contribution in [2.45, 2.75) is 69.6 Å². The van der Waals surface area contributed by atoms with Crippen molar-refractivity contribution < 1.29 is 14.3 Å². The summed E-state index contributed by atoms with van der Waals surface area (Å²) in [6, 6.07) is 0.332. The molecule has 4 heteroatoms. The molecule has 1 spiro atoms. The zero-order valence-electron chi connectivity index (χ0n) is 14.0. The summed E-state index contributed by atoms with van der Waals surface area (Å²) in [6.45, 7) is 1.45. The van der Waals surface area contributed by atoms with Gasteiger partial charge in [-0.25, -0.2) is 0 Å². The van der Waals surface area contributed by atoms with E-state index in [4.69, 9.17) is 9.47 Å². The molecule has 0 radical (unpaired) electrons. The number of hydrogen-bond donors (Lipinski definition) is 1. The van der Waals surface area contributed by atoms with Crippen LogP contribution >= 0.6 is 0 Å². The van der Waals surface area contributed by atoms with Crippen LogP contribution in [0.5, 0.6) is 0 Å². The lowest BCUT2D eigenvalue weighted by Crippen LogP contribution is -2.53. The molecular formula is C19H29NO3. The fourth-order valence-corrected chi connectivity index (χ4v) is 6.64. The Morgan fingerprint density at radius 3 is 2.00 bits per heavy atom.